The predicted octanol–water partition coefficient (Wildman–Crippen LogP) is 1.72. The minimum atomic E-state index is 0.896. The van der Waals surface area contributed by atoms with Gasteiger partial charge in [0.15, 0.2) is 0 Å². The Labute approximate surface area is 54.8 Å². The van der Waals surface area contributed by atoms with E-state index in [0.29, 0.717) is 0 Å². The average molecular weight is 119 g/mol. The van der Waals surface area contributed by atoms with Crippen LogP contribution in [0.15, 0.2) is 28.8 Å². The Hall–Kier alpha value is -0.850. The summed E-state index contributed by atoms with van der Waals surface area (Å²) in [4.78, 5) is 4.35. The van der Waals surface area contributed by atoms with Crippen molar-refractivity contribution in [1.82, 2.24) is 0 Å². The van der Waals surface area contributed by atoms with Gasteiger partial charge in [0, 0.05) is 5.71 Å². The fraction of sp³-hybridized carbons (Fsp3) is 0.375. The highest BCUT2D eigenvalue weighted by atomic mass is 14.7. The first-order valence-corrected chi connectivity index (χ1v) is 3.37. The number of fused-ring (bicyclic) bond motifs is 1. The summed E-state index contributed by atoms with van der Waals surface area (Å²) in [6, 6.07) is 0. The van der Waals surface area contributed by atoms with Gasteiger partial charge in [0.1, 0.15) is 0 Å². The Morgan fingerprint density at radius 1 is 1.44 bits per heavy atom. The van der Waals surface area contributed by atoms with Crippen LogP contribution in [0, 0.1) is 0 Å². The van der Waals surface area contributed by atoms with Crippen LogP contribution in [-0.4, -0.2) is 12.3 Å². The molecule has 0 radical (unpaired) electrons. The molecular weight excluding hydrogens is 110 g/mol. The second kappa shape index (κ2) is 1.83. The zero-order chi connectivity index (χ0) is 6.10. The first kappa shape index (κ1) is 4.98. The molecule has 0 bridgehead atoms. The minimum absolute atomic E-state index is 0.896. The highest BCUT2D eigenvalue weighted by Gasteiger charge is 2.11. The molecule has 0 saturated carbocycles. The van der Waals surface area contributed by atoms with Crippen molar-refractivity contribution in [1.29, 1.82) is 0 Å². The SMILES string of the molecule is C1=CC2=CCCC2=NC1. The fourth-order valence-electron chi connectivity index (χ4n) is 1.30. The molecule has 1 aliphatic heterocycles. The van der Waals surface area contributed by atoms with Gasteiger partial charge in [0.2, 0.25) is 0 Å². The number of rotatable bonds is 0. The second-order valence-corrected chi connectivity index (χ2v) is 2.39. The van der Waals surface area contributed by atoms with Gasteiger partial charge in [0.05, 0.1) is 6.54 Å². The van der Waals surface area contributed by atoms with Crippen LogP contribution >= 0.6 is 0 Å². The van der Waals surface area contributed by atoms with Crippen molar-refractivity contribution >= 4 is 5.71 Å². The molecule has 1 nitrogen and oxygen atoms in total. The Morgan fingerprint density at radius 3 is 3.33 bits per heavy atom. The van der Waals surface area contributed by atoms with E-state index in [2.05, 4.69) is 23.2 Å². The molecule has 0 fully saturated rings. The van der Waals surface area contributed by atoms with Gasteiger partial charge in [-0.05, 0) is 18.4 Å². The van der Waals surface area contributed by atoms with E-state index in [4.69, 9.17) is 0 Å². The summed E-state index contributed by atoms with van der Waals surface area (Å²) in [5.74, 6) is 0. The highest BCUT2D eigenvalue weighted by Crippen LogP contribution is 2.18. The van der Waals surface area contributed by atoms with Crippen LogP contribution in [0.25, 0.3) is 0 Å². The van der Waals surface area contributed by atoms with Crippen LogP contribution < -0.4 is 0 Å². The molecule has 0 spiro atoms. The second-order valence-electron chi connectivity index (χ2n) is 2.39. The first-order chi connectivity index (χ1) is 4.47. The molecule has 0 N–H and O–H groups in total. The van der Waals surface area contributed by atoms with Crippen LogP contribution in [0.3, 0.4) is 0 Å². The molecule has 2 aliphatic rings. The standard InChI is InChI=1S/C8H9N/c1-3-7-4-2-6-9-8(7)5-1/h2-4H,1,5-6H2. The van der Waals surface area contributed by atoms with E-state index in [1.54, 1.807) is 0 Å². The van der Waals surface area contributed by atoms with Crippen LogP contribution in [-0.2, 0) is 0 Å². The molecule has 0 aromatic carbocycles. The number of allylic oxidation sites excluding steroid dienone is 3. The summed E-state index contributed by atoms with van der Waals surface area (Å²) in [6.07, 6.45) is 8.91. The maximum absolute atomic E-state index is 4.35. The summed E-state index contributed by atoms with van der Waals surface area (Å²) in [5.41, 5.74) is 2.68. The predicted molar refractivity (Wildman–Crippen MR) is 38.8 cm³/mol. The van der Waals surface area contributed by atoms with Gasteiger partial charge in [-0.2, -0.15) is 0 Å². The Kier molecular flexibility index (Phi) is 1.01. The van der Waals surface area contributed by atoms with Gasteiger partial charge < -0.3 is 0 Å². The van der Waals surface area contributed by atoms with Crippen molar-refractivity contribution in [3.63, 3.8) is 0 Å². The molecule has 0 atom stereocenters. The third-order valence-corrected chi connectivity index (χ3v) is 1.76. The van der Waals surface area contributed by atoms with Gasteiger partial charge in [-0.3, -0.25) is 4.99 Å². The molecule has 9 heavy (non-hydrogen) atoms. The molecule has 0 aromatic heterocycles. The van der Waals surface area contributed by atoms with Gasteiger partial charge in [-0.15, -0.1) is 0 Å². The topological polar surface area (TPSA) is 12.4 Å². The zero-order valence-corrected chi connectivity index (χ0v) is 5.30. The molecule has 1 heteroatoms. The van der Waals surface area contributed by atoms with Crippen molar-refractivity contribution < 1.29 is 0 Å². The van der Waals surface area contributed by atoms with Crippen molar-refractivity contribution in [3.05, 3.63) is 23.8 Å². The van der Waals surface area contributed by atoms with Gasteiger partial charge in [0.25, 0.3) is 0 Å². The van der Waals surface area contributed by atoms with Gasteiger partial charge in [-0.25, -0.2) is 0 Å². The van der Waals surface area contributed by atoms with E-state index in [1.807, 2.05) is 0 Å². The number of dihydropyridines is 1. The molecule has 2 rings (SSSR count). The summed E-state index contributed by atoms with van der Waals surface area (Å²) < 4.78 is 0. The molecule has 1 aliphatic carbocycles. The maximum Gasteiger partial charge on any atom is 0.0577 e. The lowest BCUT2D eigenvalue weighted by Gasteiger charge is -2.02. The molecular formula is C8H9N. The lowest BCUT2D eigenvalue weighted by Crippen LogP contribution is -1.99. The molecule has 0 amide bonds. The molecule has 0 aromatic rings. The summed E-state index contributed by atoms with van der Waals surface area (Å²) in [6.45, 7) is 0.896. The Bertz CT molecular complexity index is 209. The lowest BCUT2D eigenvalue weighted by atomic mass is 10.1. The summed E-state index contributed by atoms with van der Waals surface area (Å²) >= 11 is 0. The molecule has 1 heterocycles. The fourth-order valence-corrected chi connectivity index (χ4v) is 1.30. The lowest BCUT2D eigenvalue weighted by molar-refractivity contribution is 1.11. The van der Waals surface area contributed by atoms with Crippen LogP contribution in [0.4, 0.5) is 0 Å². The highest BCUT2D eigenvalue weighted by molar-refractivity contribution is 6.05. The van der Waals surface area contributed by atoms with Gasteiger partial charge in [-0.1, -0.05) is 18.2 Å². The third-order valence-electron chi connectivity index (χ3n) is 1.76. The number of hydrogen-bond donors (Lipinski definition) is 0. The van der Waals surface area contributed by atoms with Crippen molar-refractivity contribution in [2.24, 2.45) is 4.99 Å². The third kappa shape index (κ3) is 0.727. The minimum Gasteiger partial charge on any atom is -0.285 e. The van der Waals surface area contributed by atoms with Crippen molar-refractivity contribution in [3.8, 4) is 0 Å². The average Bonchev–Trinajstić information content (AvgIpc) is 2.33. The quantitative estimate of drug-likeness (QED) is 0.460. The van der Waals surface area contributed by atoms with E-state index in [-0.39, 0.29) is 0 Å². The van der Waals surface area contributed by atoms with Gasteiger partial charge >= 0.3 is 0 Å². The maximum atomic E-state index is 4.35. The van der Waals surface area contributed by atoms with Crippen molar-refractivity contribution in [2.75, 3.05) is 6.54 Å². The Morgan fingerprint density at radius 2 is 2.44 bits per heavy atom. The first-order valence-electron chi connectivity index (χ1n) is 3.37. The summed E-state index contributed by atoms with van der Waals surface area (Å²) in [5, 5.41) is 0. The van der Waals surface area contributed by atoms with E-state index in [1.165, 1.54) is 24.1 Å². The monoisotopic (exact) mass is 119 g/mol. The number of hydrogen-bond acceptors (Lipinski definition) is 1. The van der Waals surface area contributed by atoms with E-state index in [0.717, 1.165) is 6.54 Å². The molecule has 0 saturated heterocycles. The van der Waals surface area contributed by atoms with Crippen LogP contribution in [0.1, 0.15) is 12.8 Å². The smallest absolute Gasteiger partial charge is 0.0577 e. The van der Waals surface area contributed by atoms with Crippen LogP contribution in [0.2, 0.25) is 0 Å². The largest absolute Gasteiger partial charge is 0.285 e. The zero-order valence-electron chi connectivity index (χ0n) is 5.30. The normalized spacial score (nSPS) is 23.1. The van der Waals surface area contributed by atoms with E-state index in [9.17, 15) is 0 Å². The van der Waals surface area contributed by atoms with E-state index < -0.39 is 0 Å². The van der Waals surface area contributed by atoms with E-state index >= 15 is 0 Å². The summed E-state index contributed by atoms with van der Waals surface area (Å²) in [7, 11) is 0. The number of aliphatic imine (C=N–C) groups is 1. The number of nitrogens with zero attached hydrogens (tertiary/aromatic N) is 1. The van der Waals surface area contributed by atoms with Crippen molar-refractivity contribution in [2.45, 2.75) is 12.8 Å². The van der Waals surface area contributed by atoms with Crippen LogP contribution in [0.5, 0.6) is 0 Å². The molecule has 0 unspecified atom stereocenters. The molecule has 46 valence electrons. The Balaban J connectivity index is 2.37.